The van der Waals surface area contributed by atoms with E-state index in [1.54, 1.807) is 62.4 Å². The van der Waals surface area contributed by atoms with Crippen LogP contribution in [0.3, 0.4) is 0 Å². The quantitative estimate of drug-likeness (QED) is 0.256. The van der Waals surface area contributed by atoms with Gasteiger partial charge in [-0.15, -0.1) is 0 Å². The van der Waals surface area contributed by atoms with Crippen molar-refractivity contribution in [3.63, 3.8) is 0 Å². The minimum Gasteiger partial charge on any atom is -0.508 e. The van der Waals surface area contributed by atoms with E-state index < -0.39 is 6.04 Å². The molecule has 9 heteroatoms. The SMILES string of the molecule is CC(C)NC(=O)[C@H](Cc1ccc(O)cc1)NC(=O)C(C)C.CC(C)NC(=O)c1cc2ccc(O)cc2cc1O. The molecule has 0 bridgehead atoms. The summed E-state index contributed by atoms with van der Waals surface area (Å²) < 4.78 is 0. The predicted octanol–water partition coefficient (Wildman–Crippen LogP) is 3.99. The smallest absolute Gasteiger partial charge is 0.255 e. The minimum atomic E-state index is -0.619. The average Bonchev–Trinajstić information content (AvgIpc) is 2.83. The normalized spacial score (nSPS) is 11.6. The second kappa shape index (κ2) is 14.0. The Kier molecular flexibility index (Phi) is 11.1. The van der Waals surface area contributed by atoms with Gasteiger partial charge in [0, 0.05) is 24.4 Å². The number of nitrogens with one attached hydrogen (secondary N) is 3. The maximum Gasteiger partial charge on any atom is 0.255 e. The van der Waals surface area contributed by atoms with Crippen LogP contribution in [0.25, 0.3) is 10.8 Å². The van der Waals surface area contributed by atoms with Gasteiger partial charge < -0.3 is 31.3 Å². The van der Waals surface area contributed by atoms with Crippen LogP contribution in [0.1, 0.15) is 57.5 Å². The number of amides is 3. The molecule has 0 saturated carbocycles. The molecule has 0 aliphatic rings. The molecule has 210 valence electrons. The molecule has 0 aromatic heterocycles. The van der Waals surface area contributed by atoms with Crippen molar-refractivity contribution in [1.82, 2.24) is 16.0 Å². The van der Waals surface area contributed by atoms with Crippen molar-refractivity contribution < 1.29 is 29.7 Å². The van der Waals surface area contributed by atoms with Gasteiger partial charge in [-0.05, 0) is 80.4 Å². The molecule has 0 fully saturated rings. The van der Waals surface area contributed by atoms with E-state index in [9.17, 15) is 29.7 Å². The van der Waals surface area contributed by atoms with Crippen molar-refractivity contribution in [2.24, 2.45) is 5.92 Å². The van der Waals surface area contributed by atoms with E-state index in [2.05, 4.69) is 16.0 Å². The summed E-state index contributed by atoms with van der Waals surface area (Å²) in [5.41, 5.74) is 1.11. The third-order valence-electron chi connectivity index (χ3n) is 5.57. The van der Waals surface area contributed by atoms with Gasteiger partial charge in [-0.25, -0.2) is 0 Å². The molecular formula is C30H39N3O6. The summed E-state index contributed by atoms with van der Waals surface area (Å²) in [7, 11) is 0. The van der Waals surface area contributed by atoms with E-state index in [4.69, 9.17) is 0 Å². The van der Waals surface area contributed by atoms with Crippen molar-refractivity contribution in [3.8, 4) is 17.2 Å². The summed E-state index contributed by atoms with van der Waals surface area (Å²) in [5, 5.41) is 38.3. The first-order chi connectivity index (χ1) is 18.3. The van der Waals surface area contributed by atoms with E-state index in [-0.39, 0.29) is 58.5 Å². The number of hydrogen-bond donors (Lipinski definition) is 6. The van der Waals surface area contributed by atoms with Crippen LogP contribution >= 0.6 is 0 Å². The number of carbonyl (C=O) groups excluding carboxylic acids is 3. The van der Waals surface area contributed by atoms with Crippen LogP contribution in [0.4, 0.5) is 0 Å². The van der Waals surface area contributed by atoms with Crippen molar-refractivity contribution in [1.29, 1.82) is 0 Å². The number of fused-ring (bicyclic) bond motifs is 1. The fraction of sp³-hybridized carbons (Fsp3) is 0.367. The first-order valence-corrected chi connectivity index (χ1v) is 12.9. The van der Waals surface area contributed by atoms with Crippen molar-refractivity contribution in [2.75, 3.05) is 0 Å². The lowest BCUT2D eigenvalue weighted by molar-refractivity contribution is -0.130. The number of hydrogen-bond acceptors (Lipinski definition) is 6. The standard InChI is InChI=1S/C16H24N2O3.C14H15NO3/c1-10(2)15(20)18-14(16(21)17-11(3)4)9-12-5-7-13(19)8-6-12;1-8(2)15-14(18)12-6-9-3-4-11(16)5-10(9)7-13(12)17/h5-8,10-11,14,19H,9H2,1-4H3,(H,17,21)(H,18,20);3-8,16-17H,1-2H3,(H,15,18)/t14-;/m0./s1. The Morgan fingerprint density at radius 1 is 0.667 bits per heavy atom. The second-order valence-corrected chi connectivity index (χ2v) is 10.3. The van der Waals surface area contributed by atoms with E-state index >= 15 is 0 Å². The molecule has 6 N–H and O–H groups in total. The largest absolute Gasteiger partial charge is 0.508 e. The third-order valence-corrected chi connectivity index (χ3v) is 5.57. The van der Waals surface area contributed by atoms with Gasteiger partial charge in [0.1, 0.15) is 23.3 Å². The summed E-state index contributed by atoms with van der Waals surface area (Å²) in [4.78, 5) is 35.9. The van der Waals surface area contributed by atoms with Gasteiger partial charge in [-0.1, -0.05) is 32.0 Å². The Labute approximate surface area is 229 Å². The van der Waals surface area contributed by atoms with E-state index in [1.807, 2.05) is 27.7 Å². The molecule has 3 rings (SSSR count). The van der Waals surface area contributed by atoms with Crippen LogP contribution < -0.4 is 16.0 Å². The topological polar surface area (TPSA) is 148 Å². The zero-order valence-corrected chi connectivity index (χ0v) is 23.3. The Balaban J connectivity index is 0.000000276. The first-order valence-electron chi connectivity index (χ1n) is 12.9. The zero-order valence-electron chi connectivity index (χ0n) is 23.3. The molecule has 0 heterocycles. The van der Waals surface area contributed by atoms with Gasteiger partial charge in [-0.2, -0.15) is 0 Å². The van der Waals surface area contributed by atoms with Crippen LogP contribution in [-0.4, -0.2) is 51.2 Å². The molecule has 3 aromatic carbocycles. The summed E-state index contributed by atoms with van der Waals surface area (Å²) in [5.74, 6) is -0.637. The molecular weight excluding hydrogens is 498 g/mol. The van der Waals surface area contributed by atoms with Crippen LogP contribution in [-0.2, 0) is 16.0 Å². The Morgan fingerprint density at radius 3 is 1.82 bits per heavy atom. The number of phenols is 3. The van der Waals surface area contributed by atoms with Gasteiger partial charge in [0.05, 0.1) is 5.56 Å². The maximum absolute atomic E-state index is 12.2. The van der Waals surface area contributed by atoms with Crippen molar-refractivity contribution >= 4 is 28.5 Å². The van der Waals surface area contributed by atoms with E-state index in [0.29, 0.717) is 11.8 Å². The Hall–Kier alpha value is -4.27. The van der Waals surface area contributed by atoms with Gasteiger partial charge in [0.25, 0.3) is 5.91 Å². The summed E-state index contributed by atoms with van der Waals surface area (Å²) >= 11 is 0. The molecule has 3 aromatic rings. The van der Waals surface area contributed by atoms with Gasteiger partial charge >= 0.3 is 0 Å². The number of phenolic OH excluding ortho intramolecular Hbond substituents is 3. The first kappa shape index (κ1) is 31.0. The number of aromatic hydroxyl groups is 3. The minimum absolute atomic E-state index is 0.00687. The van der Waals surface area contributed by atoms with Gasteiger partial charge in [0.15, 0.2) is 0 Å². The highest BCUT2D eigenvalue weighted by Crippen LogP contribution is 2.27. The van der Waals surface area contributed by atoms with Crippen LogP contribution in [0.5, 0.6) is 17.2 Å². The number of carbonyl (C=O) groups is 3. The summed E-state index contributed by atoms with van der Waals surface area (Å²) in [6, 6.07) is 13.9. The Bertz CT molecular complexity index is 1290. The molecule has 0 unspecified atom stereocenters. The molecule has 0 aliphatic carbocycles. The summed E-state index contributed by atoms with van der Waals surface area (Å²) in [6.45, 7) is 11.0. The van der Waals surface area contributed by atoms with E-state index in [1.165, 1.54) is 6.07 Å². The molecule has 1 atom stereocenters. The molecule has 39 heavy (non-hydrogen) atoms. The molecule has 0 radical (unpaired) electrons. The highest BCUT2D eigenvalue weighted by molar-refractivity contribution is 6.01. The van der Waals surface area contributed by atoms with Gasteiger partial charge in [0.2, 0.25) is 11.8 Å². The monoisotopic (exact) mass is 537 g/mol. The highest BCUT2D eigenvalue weighted by Gasteiger charge is 2.23. The Morgan fingerprint density at radius 2 is 1.26 bits per heavy atom. The zero-order chi connectivity index (χ0) is 29.3. The van der Waals surface area contributed by atoms with Crippen molar-refractivity contribution in [2.45, 2.75) is 66.1 Å². The van der Waals surface area contributed by atoms with Crippen molar-refractivity contribution in [3.05, 3.63) is 65.7 Å². The molecule has 3 amide bonds. The van der Waals surface area contributed by atoms with Crippen LogP contribution in [0.2, 0.25) is 0 Å². The third kappa shape index (κ3) is 9.85. The lowest BCUT2D eigenvalue weighted by Crippen LogP contribution is -2.50. The summed E-state index contributed by atoms with van der Waals surface area (Å²) in [6.07, 6.45) is 0.386. The number of rotatable bonds is 8. The number of benzene rings is 3. The van der Waals surface area contributed by atoms with Crippen LogP contribution in [0, 0.1) is 5.92 Å². The fourth-order valence-electron chi connectivity index (χ4n) is 3.60. The predicted molar refractivity (Wildman–Crippen MR) is 152 cm³/mol. The van der Waals surface area contributed by atoms with Crippen LogP contribution in [0.15, 0.2) is 54.6 Å². The maximum atomic E-state index is 12.2. The molecule has 9 nitrogen and oxygen atoms in total. The lowest BCUT2D eigenvalue weighted by atomic mass is 10.0. The lowest BCUT2D eigenvalue weighted by Gasteiger charge is -2.21. The molecule has 0 spiro atoms. The molecule has 0 saturated heterocycles. The fourth-order valence-corrected chi connectivity index (χ4v) is 3.60. The van der Waals surface area contributed by atoms with E-state index in [0.717, 1.165) is 10.9 Å². The molecule has 0 aliphatic heterocycles. The highest BCUT2D eigenvalue weighted by atomic mass is 16.3. The average molecular weight is 538 g/mol. The van der Waals surface area contributed by atoms with Gasteiger partial charge in [-0.3, -0.25) is 14.4 Å². The second-order valence-electron chi connectivity index (χ2n) is 10.3.